The molecule has 0 saturated heterocycles. The summed E-state index contributed by atoms with van der Waals surface area (Å²) in [5, 5.41) is 2.02. The van der Waals surface area contributed by atoms with Crippen molar-refractivity contribution >= 4 is 28.7 Å². The molecule has 0 fully saturated rings. The van der Waals surface area contributed by atoms with E-state index in [2.05, 4.69) is 4.98 Å². The van der Waals surface area contributed by atoms with E-state index < -0.39 is 12.2 Å². The molecular formula is C19H24N2O4S. The van der Waals surface area contributed by atoms with Crippen LogP contribution < -0.4 is 4.90 Å². The third-order valence-electron chi connectivity index (χ3n) is 3.20. The highest BCUT2D eigenvalue weighted by Gasteiger charge is 2.30. The Bertz CT molecular complexity index is 704. The molecule has 0 aliphatic carbocycles. The fourth-order valence-corrected chi connectivity index (χ4v) is 2.76. The number of rotatable bonds is 6. The number of thiazole rings is 1. The maximum Gasteiger partial charge on any atom is 0.425 e. The first kappa shape index (κ1) is 19.9. The van der Waals surface area contributed by atoms with Gasteiger partial charge in [0.25, 0.3) is 0 Å². The van der Waals surface area contributed by atoms with E-state index in [1.807, 2.05) is 58.0 Å². The maximum absolute atomic E-state index is 12.4. The number of imide groups is 1. The molecule has 0 unspecified atom stereocenters. The summed E-state index contributed by atoms with van der Waals surface area (Å²) in [5.74, 6) is 0.312. The van der Waals surface area contributed by atoms with Crippen molar-refractivity contribution in [1.29, 1.82) is 0 Å². The third kappa shape index (κ3) is 5.56. The predicted molar refractivity (Wildman–Crippen MR) is 102 cm³/mol. The number of hydrogen-bond donors (Lipinski definition) is 0. The summed E-state index contributed by atoms with van der Waals surface area (Å²) in [7, 11) is 0. The molecule has 1 heterocycles. The van der Waals surface area contributed by atoms with E-state index in [0.29, 0.717) is 5.69 Å². The number of anilines is 1. The minimum Gasteiger partial charge on any atom is -0.448 e. The van der Waals surface area contributed by atoms with Crippen molar-refractivity contribution in [2.24, 2.45) is 11.8 Å². The lowest BCUT2D eigenvalue weighted by molar-refractivity contribution is 0.121. The molecule has 140 valence electrons. The minimum atomic E-state index is -0.776. The Balaban J connectivity index is 2.23. The molecule has 6 nitrogen and oxygen atoms in total. The second-order valence-electron chi connectivity index (χ2n) is 6.66. The van der Waals surface area contributed by atoms with Crippen LogP contribution in [0, 0.1) is 11.8 Å². The maximum atomic E-state index is 12.4. The van der Waals surface area contributed by atoms with Gasteiger partial charge in [0.2, 0.25) is 5.13 Å². The van der Waals surface area contributed by atoms with Crippen LogP contribution in [0.1, 0.15) is 27.7 Å². The molecular weight excluding hydrogens is 352 g/mol. The number of aromatic nitrogens is 1. The molecule has 7 heteroatoms. The van der Waals surface area contributed by atoms with Gasteiger partial charge in [0, 0.05) is 10.9 Å². The zero-order valence-electron chi connectivity index (χ0n) is 15.5. The molecule has 2 amide bonds. The van der Waals surface area contributed by atoms with Gasteiger partial charge >= 0.3 is 12.2 Å². The quantitative estimate of drug-likeness (QED) is 0.693. The summed E-state index contributed by atoms with van der Waals surface area (Å²) in [6.07, 6.45) is -1.55. The monoisotopic (exact) mass is 376 g/mol. The highest BCUT2D eigenvalue weighted by atomic mass is 32.1. The number of nitrogens with zero attached hydrogens (tertiary/aromatic N) is 2. The normalized spacial score (nSPS) is 10.8. The van der Waals surface area contributed by atoms with Gasteiger partial charge < -0.3 is 9.47 Å². The van der Waals surface area contributed by atoms with Crippen LogP contribution in [0.2, 0.25) is 0 Å². The van der Waals surface area contributed by atoms with E-state index in [1.165, 1.54) is 11.3 Å². The Morgan fingerprint density at radius 1 is 1.00 bits per heavy atom. The van der Waals surface area contributed by atoms with Crippen LogP contribution in [0.15, 0.2) is 35.7 Å². The summed E-state index contributed by atoms with van der Waals surface area (Å²) in [5.41, 5.74) is 1.59. The first-order valence-electron chi connectivity index (χ1n) is 8.53. The molecule has 0 saturated carbocycles. The zero-order valence-corrected chi connectivity index (χ0v) is 16.3. The van der Waals surface area contributed by atoms with Crippen LogP contribution in [0.3, 0.4) is 0 Å². The summed E-state index contributed by atoms with van der Waals surface area (Å²) in [6, 6.07) is 9.55. The number of carbonyl (C=O) groups excluding carboxylic acids is 2. The van der Waals surface area contributed by atoms with Gasteiger partial charge in [-0.3, -0.25) is 0 Å². The third-order valence-corrected chi connectivity index (χ3v) is 4.02. The van der Waals surface area contributed by atoms with Crippen molar-refractivity contribution in [3.8, 4) is 11.3 Å². The summed E-state index contributed by atoms with van der Waals surface area (Å²) in [6.45, 7) is 8.11. The standard InChI is InChI=1S/C19H24N2O4S/c1-13(2)10-24-18(22)21(19(23)25-11-14(3)4)17-20-16(12-26-17)15-8-6-5-7-9-15/h5-9,12-14H,10-11H2,1-4H3. The smallest absolute Gasteiger partial charge is 0.425 e. The van der Waals surface area contributed by atoms with Crippen LogP contribution in [0.5, 0.6) is 0 Å². The van der Waals surface area contributed by atoms with Crippen LogP contribution in [-0.2, 0) is 9.47 Å². The highest BCUT2D eigenvalue weighted by Crippen LogP contribution is 2.28. The van der Waals surface area contributed by atoms with Gasteiger partial charge in [-0.1, -0.05) is 58.0 Å². The first-order chi connectivity index (χ1) is 12.4. The molecule has 0 N–H and O–H groups in total. The van der Waals surface area contributed by atoms with Crippen LogP contribution in [0.25, 0.3) is 11.3 Å². The van der Waals surface area contributed by atoms with Gasteiger partial charge in [0.15, 0.2) is 0 Å². The fourth-order valence-electron chi connectivity index (χ4n) is 1.94. The van der Waals surface area contributed by atoms with E-state index in [1.54, 1.807) is 5.38 Å². The lowest BCUT2D eigenvalue weighted by atomic mass is 10.2. The zero-order chi connectivity index (χ0) is 19.1. The largest absolute Gasteiger partial charge is 0.448 e. The van der Waals surface area contributed by atoms with Crippen LogP contribution >= 0.6 is 11.3 Å². The highest BCUT2D eigenvalue weighted by molar-refractivity contribution is 7.14. The molecule has 26 heavy (non-hydrogen) atoms. The SMILES string of the molecule is CC(C)COC(=O)N(C(=O)OCC(C)C)c1nc(-c2ccccc2)cs1. The van der Waals surface area contributed by atoms with Crippen molar-refractivity contribution < 1.29 is 19.1 Å². The molecule has 2 aromatic rings. The van der Waals surface area contributed by atoms with Gasteiger partial charge in [-0.2, -0.15) is 4.90 Å². The average molecular weight is 376 g/mol. The molecule has 0 aliphatic heterocycles. The number of hydrogen-bond acceptors (Lipinski definition) is 6. The van der Waals surface area contributed by atoms with E-state index in [0.717, 1.165) is 10.5 Å². The fraction of sp³-hybridized carbons (Fsp3) is 0.421. The Labute approximate surface area is 157 Å². The second-order valence-corrected chi connectivity index (χ2v) is 7.49. The summed E-state index contributed by atoms with van der Waals surface area (Å²) < 4.78 is 10.4. The molecule has 2 rings (SSSR count). The van der Waals surface area contributed by atoms with Gasteiger partial charge in [-0.15, -0.1) is 11.3 Å². The van der Waals surface area contributed by atoms with Crippen molar-refractivity contribution in [3.63, 3.8) is 0 Å². The lowest BCUT2D eigenvalue weighted by Crippen LogP contribution is -2.39. The molecule has 0 aliphatic rings. The molecule has 0 atom stereocenters. The van der Waals surface area contributed by atoms with Gasteiger partial charge in [-0.05, 0) is 11.8 Å². The van der Waals surface area contributed by atoms with E-state index in [9.17, 15) is 9.59 Å². The summed E-state index contributed by atoms with van der Waals surface area (Å²) >= 11 is 1.19. The molecule has 0 radical (unpaired) electrons. The Hall–Kier alpha value is -2.41. The van der Waals surface area contributed by atoms with E-state index in [-0.39, 0.29) is 30.2 Å². The van der Waals surface area contributed by atoms with Crippen LogP contribution in [-0.4, -0.2) is 30.4 Å². The number of ether oxygens (including phenoxy) is 2. The predicted octanol–water partition coefficient (Wildman–Crippen LogP) is 5.20. The Morgan fingerprint density at radius 3 is 2.04 bits per heavy atom. The average Bonchev–Trinajstić information content (AvgIpc) is 3.08. The minimum absolute atomic E-state index is 0.156. The molecule has 1 aromatic carbocycles. The van der Waals surface area contributed by atoms with E-state index >= 15 is 0 Å². The molecule has 0 bridgehead atoms. The van der Waals surface area contributed by atoms with Gasteiger partial charge in [0.1, 0.15) is 0 Å². The first-order valence-corrected chi connectivity index (χ1v) is 9.41. The Kier molecular flexibility index (Phi) is 7.15. The molecule has 0 spiro atoms. The topological polar surface area (TPSA) is 68.7 Å². The second kappa shape index (κ2) is 9.33. The lowest BCUT2D eigenvalue weighted by Gasteiger charge is -2.18. The van der Waals surface area contributed by atoms with Crippen molar-refractivity contribution in [2.75, 3.05) is 18.1 Å². The van der Waals surface area contributed by atoms with Crippen LogP contribution in [0.4, 0.5) is 14.7 Å². The number of carbonyl (C=O) groups is 2. The number of amides is 2. The van der Waals surface area contributed by atoms with Crippen molar-refractivity contribution in [2.45, 2.75) is 27.7 Å². The number of benzene rings is 1. The van der Waals surface area contributed by atoms with Crippen molar-refractivity contribution in [3.05, 3.63) is 35.7 Å². The van der Waals surface area contributed by atoms with Crippen molar-refractivity contribution in [1.82, 2.24) is 4.98 Å². The van der Waals surface area contributed by atoms with Gasteiger partial charge in [0.05, 0.1) is 18.9 Å². The van der Waals surface area contributed by atoms with Gasteiger partial charge in [-0.25, -0.2) is 14.6 Å². The Morgan fingerprint density at radius 2 is 1.54 bits per heavy atom. The van der Waals surface area contributed by atoms with E-state index in [4.69, 9.17) is 9.47 Å². The summed E-state index contributed by atoms with van der Waals surface area (Å²) in [4.78, 5) is 30.2. The molecule has 1 aromatic heterocycles.